The van der Waals surface area contributed by atoms with Crippen molar-refractivity contribution in [2.24, 2.45) is 4.99 Å². The summed E-state index contributed by atoms with van der Waals surface area (Å²) in [4.78, 5) is 6.15. The van der Waals surface area contributed by atoms with Crippen molar-refractivity contribution in [1.82, 2.24) is 4.90 Å². The van der Waals surface area contributed by atoms with Crippen LogP contribution >= 0.6 is 0 Å². The quantitative estimate of drug-likeness (QED) is 0.923. The number of nitrogens with zero attached hydrogens (tertiary/aromatic N) is 2. The van der Waals surface area contributed by atoms with Crippen LogP contribution in [0.15, 0.2) is 59.6 Å². The topological polar surface area (TPSA) is 35.8 Å². The Morgan fingerprint density at radius 2 is 1.80 bits per heavy atom. The van der Waals surface area contributed by atoms with Crippen molar-refractivity contribution >= 4 is 6.02 Å². The van der Waals surface area contributed by atoms with Crippen LogP contribution in [0.25, 0.3) is 0 Å². The van der Waals surface area contributed by atoms with Crippen LogP contribution in [0.2, 0.25) is 0 Å². The van der Waals surface area contributed by atoms with E-state index in [9.17, 15) is 5.11 Å². The summed E-state index contributed by atoms with van der Waals surface area (Å²) in [5.41, 5.74) is 3.61. The molecule has 1 heterocycles. The molecule has 0 radical (unpaired) electrons. The Labute approximate surface area is 119 Å². The van der Waals surface area contributed by atoms with E-state index in [1.807, 2.05) is 23.1 Å². The second kappa shape index (κ2) is 5.37. The molecule has 20 heavy (non-hydrogen) atoms. The van der Waals surface area contributed by atoms with Gasteiger partial charge < -0.3 is 10.0 Å². The average molecular weight is 266 g/mol. The Balaban J connectivity index is 1.83. The fraction of sp³-hybridized carbons (Fsp3) is 0.235. The first-order chi connectivity index (χ1) is 9.74. The molecule has 1 unspecified atom stereocenters. The Morgan fingerprint density at radius 1 is 1.10 bits per heavy atom. The first kappa shape index (κ1) is 12.7. The van der Waals surface area contributed by atoms with Gasteiger partial charge in [-0.25, -0.2) is 4.99 Å². The molecule has 2 aromatic rings. The van der Waals surface area contributed by atoms with E-state index in [1.54, 1.807) is 0 Å². The van der Waals surface area contributed by atoms with Crippen molar-refractivity contribution in [3.05, 3.63) is 71.3 Å². The summed E-state index contributed by atoms with van der Waals surface area (Å²) >= 11 is 0. The molecule has 0 aromatic heterocycles. The standard InChI is InChI=1S/C17H18N2O/c1-13-7-9-15(10-8-13)16-11-18-17(20)19(16)12-14-5-3-2-4-6-14/h2-10,16H,11-12H2,1H3,(H,18,20). The van der Waals surface area contributed by atoms with Crippen LogP contribution in [0.4, 0.5) is 0 Å². The van der Waals surface area contributed by atoms with Crippen molar-refractivity contribution in [1.29, 1.82) is 0 Å². The summed E-state index contributed by atoms with van der Waals surface area (Å²) in [7, 11) is 0. The maximum absolute atomic E-state index is 10.0. The molecule has 0 spiro atoms. The molecule has 2 aromatic carbocycles. The van der Waals surface area contributed by atoms with Gasteiger partial charge in [0.25, 0.3) is 6.02 Å². The predicted octanol–water partition coefficient (Wildman–Crippen LogP) is 3.47. The fourth-order valence-electron chi connectivity index (χ4n) is 2.53. The fourth-order valence-corrected chi connectivity index (χ4v) is 2.53. The van der Waals surface area contributed by atoms with Crippen LogP contribution in [-0.4, -0.2) is 22.6 Å². The molecule has 0 amide bonds. The van der Waals surface area contributed by atoms with Gasteiger partial charge >= 0.3 is 0 Å². The molecule has 0 bridgehead atoms. The number of aryl methyl sites for hydroxylation is 1. The highest BCUT2D eigenvalue weighted by Crippen LogP contribution is 2.27. The number of aliphatic hydroxyl groups is 1. The van der Waals surface area contributed by atoms with E-state index in [1.165, 1.54) is 16.7 Å². The second-order valence-electron chi connectivity index (χ2n) is 5.18. The van der Waals surface area contributed by atoms with Crippen LogP contribution in [0, 0.1) is 6.92 Å². The van der Waals surface area contributed by atoms with E-state index in [0.29, 0.717) is 13.1 Å². The SMILES string of the molecule is Cc1ccc(C2CN=C(O)N2Cc2ccccc2)cc1. The number of hydrogen-bond donors (Lipinski definition) is 1. The van der Waals surface area contributed by atoms with Gasteiger partial charge in [-0.2, -0.15) is 0 Å². The van der Waals surface area contributed by atoms with Crippen LogP contribution in [0.3, 0.4) is 0 Å². The van der Waals surface area contributed by atoms with E-state index in [-0.39, 0.29) is 12.1 Å². The highest BCUT2D eigenvalue weighted by Gasteiger charge is 2.28. The highest BCUT2D eigenvalue weighted by molar-refractivity contribution is 5.74. The van der Waals surface area contributed by atoms with Gasteiger partial charge in [-0.1, -0.05) is 60.2 Å². The van der Waals surface area contributed by atoms with Gasteiger partial charge in [0, 0.05) is 6.54 Å². The molecule has 3 nitrogen and oxygen atoms in total. The molecule has 1 atom stereocenters. The maximum atomic E-state index is 10.0. The number of hydrogen-bond acceptors (Lipinski definition) is 2. The molecule has 3 heteroatoms. The zero-order chi connectivity index (χ0) is 13.9. The molecular formula is C17H18N2O. The number of aliphatic imine (C=N–C) groups is 1. The van der Waals surface area contributed by atoms with Crippen molar-refractivity contribution in [3.8, 4) is 0 Å². The van der Waals surface area contributed by atoms with E-state index in [2.05, 4.69) is 48.3 Å². The molecule has 1 N–H and O–H groups in total. The van der Waals surface area contributed by atoms with Crippen LogP contribution in [0.5, 0.6) is 0 Å². The lowest BCUT2D eigenvalue weighted by Gasteiger charge is -2.25. The van der Waals surface area contributed by atoms with E-state index >= 15 is 0 Å². The Bertz CT molecular complexity index is 605. The Hall–Kier alpha value is -2.29. The molecule has 0 aliphatic carbocycles. The Morgan fingerprint density at radius 3 is 2.50 bits per heavy atom. The number of aliphatic hydroxyl groups excluding tert-OH is 1. The van der Waals surface area contributed by atoms with Crippen molar-refractivity contribution in [3.63, 3.8) is 0 Å². The molecule has 102 valence electrons. The van der Waals surface area contributed by atoms with Crippen molar-refractivity contribution in [2.75, 3.05) is 6.54 Å². The van der Waals surface area contributed by atoms with Gasteiger partial charge in [-0.15, -0.1) is 0 Å². The van der Waals surface area contributed by atoms with Gasteiger partial charge in [0.2, 0.25) is 0 Å². The number of benzene rings is 2. The zero-order valence-electron chi connectivity index (χ0n) is 11.5. The molecule has 0 saturated carbocycles. The average Bonchev–Trinajstić information content (AvgIpc) is 2.83. The summed E-state index contributed by atoms with van der Waals surface area (Å²) in [6, 6.07) is 18.9. The van der Waals surface area contributed by atoms with Gasteiger partial charge in [-0.3, -0.25) is 0 Å². The summed E-state index contributed by atoms with van der Waals surface area (Å²) < 4.78 is 0. The summed E-state index contributed by atoms with van der Waals surface area (Å²) in [6.07, 6.45) is 0. The second-order valence-corrected chi connectivity index (χ2v) is 5.18. The maximum Gasteiger partial charge on any atom is 0.285 e. The van der Waals surface area contributed by atoms with Crippen LogP contribution < -0.4 is 0 Å². The van der Waals surface area contributed by atoms with Gasteiger partial charge in [0.15, 0.2) is 0 Å². The van der Waals surface area contributed by atoms with Gasteiger partial charge in [0.1, 0.15) is 0 Å². The van der Waals surface area contributed by atoms with Gasteiger partial charge in [-0.05, 0) is 18.1 Å². The first-order valence-electron chi connectivity index (χ1n) is 6.84. The first-order valence-corrected chi connectivity index (χ1v) is 6.84. The number of amidine groups is 1. The lowest BCUT2D eigenvalue weighted by atomic mass is 10.0. The lowest BCUT2D eigenvalue weighted by molar-refractivity contribution is 0.289. The Kier molecular flexibility index (Phi) is 3.42. The number of rotatable bonds is 3. The molecule has 1 aliphatic heterocycles. The molecular weight excluding hydrogens is 248 g/mol. The minimum atomic E-state index is 0.121. The third-order valence-corrected chi connectivity index (χ3v) is 3.70. The highest BCUT2D eigenvalue weighted by atomic mass is 16.3. The third kappa shape index (κ3) is 2.52. The predicted molar refractivity (Wildman–Crippen MR) is 80.8 cm³/mol. The molecule has 0 saturated heterocycles. The third-order valence-electron chi connectivity index (χ3n) is 3.70. The lowest BCUT2D eigenvalue weighted by Crippen LogP contribution is -2.30. The minimum Gasteiger partial charge on any atom is -0.481 e. The largest absolute Gasteiger partial charge is 0.481 e. The van der Waals surface area contributed by atoms with Crippen molar-refractivity contribution in [2.45, 2.75) is 19.5 Å². The summed E-state index contributed by atoms with van der Waals surface area (Å²) in [6.45, 7) is 3.37. The van der Waals surface area contributed by atoms with Crippen molar-refractivity contribution < 1.29 is 5.11 Å². The summed E-state index contributed by atoms with van der Waals surface area (Å²) in [5, 5.41) is 10.0. The smallest absolute Gasteiger partial charge is 0.285 e. The normalized spacial score (nSPS) is 18.1. The summed E-state index contributed by atoms with van der Waals surface area (Å²) in [5.74, 6) is 0. The van der Waals surface area contributed by atoms with Crippen LogP contribution in [-0.2, 0) is 6.54 Å². The molecule has 1 aliphatic rings. The van der Waals surface area contributed by atoms with Gasteiger partial charge in [0.05, 0.1) is 12.6 Å². The van der Waals surface area contributed by atoms with E-state index in [4.69, 9.17) is 0 Å². The monoisotopic (exact) mass is 266 g/mol. The van der Waals surface area contributed by atoms with E-state index in [0.717, 1.165) is 0 Å². The molecule has 0 fully saturated rings. The zero-order valence-corrected chi connectivity index (χ0v) is 11.5. The van der Waals surface area contributed by atoms with E-state index < -0.39 is 0 Å². The molecule has 3 rings (SSSR count). The van der Waals surface area contributed by atoms with Crippen LogP contribution in [0.1, 0.15) is 22.7 Å². The minimum absolute atomic E-state index is 0.121.